The van der Waals surface area contributed by atoms with Gasteiger partial charge in [0.15, 0.2) is 5.76 Å². The minimum absolute atomic E-state index is 0.171. The van der Waals surface area contributed by atoms with Gasteiger partial charge in [0.25, 0.3) is 5.56 Å². The number of hydrogen-bond donors (Lipinski definition) is 2. The zero-order valence-corrected chi connectivity index (χ0v) is 9.64. The third-order valence-corrected chi connectivity index (χ3v) is 2.90. The molecule has 3 rings (SSSR count). The summed E-state index contributed by atoms with van der Waals surface area (Å²) in [6.07, 6.45) is 0. The Morgan fingerprint density at radius 1 is 1.17 bits per heavy atom. The van der Waals surface area contributed by atoms with E-state index < -0.39 is 0 Å². The number of rotatable bonds is 2. The molecule has 4 heteroatoms. The van der Waals surface area contributed by atoms with Crippen molar-refractivity contribution < 1.29 is 4.42 Å². The average molecular weight is 240 g/mol. The fourth-order valence-electron chi connectivity index (χ4n) is 1.92. The summed E-state index contributed by atoms with van der Waals surface area (Å²) in [4.78, 5) is 14.5. The molecule has 2 heterocycles. The van der Waals surface area contributed by atoms with Gasteiger partial charge < -0.3 is 15.1 Å². The molecule has 0 unspecified atom stereocenters. The molecule has 0 saturated carbocycles. The van der Waals surface area contributed by atoms with E-state index in [-0.39, 0.29) is 12.1 Å². The van der Waals surface area contributed by atoms with Crippen molar-refractivity contribution in [1.29, 1.82) is 0 Å². The van der Waals surface area contributed by atoms with Crippen LogP contribution in [0.15, 0.2) is 51.7 Å². The summed E-state index contributed by atoms with van der Waals surface area (Å²) in [6.45, 7) is 0.232. The number of nitrogens with two attached hydrogens (primary N) is 1. The van der Waals surface area contributed by atoms with Crippen LogP contribution in [0.5, 0.6) is 0 Å². The molecule has 0 aliphatic carbocycles. The molecule has 1 aromatic carbocycles. The second kappa shape index (κ2) is 4.16. The summed E-state index contributed by atoms with van der Waals surface area (Å²) in [5.74, 6) is 0.650. The van der Waals surface area contributed by atoms with E-state index in [0.29, 0.717) is 17.0 Å². The van der Waals surface area contributed by atoms with E-state index in [9.17, 15) is 4.79 Å². The van der Waals surface area contributed by atoms with Gasteiger partial charge in [-0.15, -0.1) is 0 Å². The summed E-state index contributed by atoms with van der Waals surface area (Å²) in [7, 11) is 0. The highest BCUT2D eigenvalue weighted by Gasteiger charge is 2.07. The first-order valence-electron chi connectivity index (χ1n) is 5.69. The van der Waals surface area contributed by atoms with Crippen LogP contribution in [0.3, 0.4) is 0 Å². The molecule has 2 aromatic heterocycles. The van der Waals surface area contributed by atoms with Crippen LogP contribution in [0.2, 0.25) is 0 Å². The lowest BCUT2D eigenvalue weighted by Gasteiger charge is -1.98. The Morgan fingerprint density at radius 2 is 2.00 bits per heavy atom. The summed E-state index contributed by atoms with van der Waals surface area (Å²) in [5, 5.41) is 1.01. The van der Waals surface area contributed by atoms with Crippen LogP contribution in [-0.2, 0) is 6.54 Å². The molecule has 0 spiro atoms. The second-order valence-electron chi connectivity index (χ2n) is 4.08. The molecule has 90 valence electrons. The van der Waals surface area contributed by atoms with Crippen molar-refractivity contribution in [2.45, 2.75) is 6.54 Å². The molecule has 3 aromatic rings. The van der Waals surface area contributed by atoms with Crippen LogP contribution in [0.25, 0.3) is 22.4 Å². The molecular formula is C14H12N2O2. The van der Waals surface area contributed by atoms with Crippen LogP contribution >= 0.6 is 0 Å². The molecule has 0 radical (unpaired) electrons. The smallest absolute Gasteiger partial charge is 0.252 e. The van der Waals surface area contributed by atoms with Crippen LogP contribution < -0.4 is 11.3 Å². The van der Waals surface area contributed by atoms with E-state index in [4.69, 9.17) is 10.2 Å². The van der Waals surface area contributed by atoms with Crippen LogP contribution in [-0.4, -0.2) is 4.98 Å². The number of para-hydroxylation sites is 1. The normalized spacial score (nSPS) is 10.9. The van der Waals surface area contributed by atoms with Crippen molar-refractivity contribution in [3.63, 3.8) is 0 Å². The van der Waals surface area contributed by atoms with Crippen molar-refractivity contribution in [2.75, 3.05) is 0 Å². The molecule has 0 bridgehead atoms. The summed E-state index contributed by atoms with van der Waals surface area (Å²) in [5.41, 5.74) is 7.31. The van der Waals surface area contributed by atoms with Crippen molar-refractivity contribution >= 4 is 11.0 Å². The van der Waals surface area contributed by atoms with Gasteiger partial charge in [-0.3, -0.25) is 4.79 Å². The second-order valence-corrected chi connectivity index (χ2v) is 4.08. The largest absolute Gasteiger partial charge is 0.455 e. The standard InChI is InChI=1S/C14H12N2O2/c15-8-10-5-6-11(16-14(10)17)13-7-9-3-1-2-4-12(9)18-13/h1-7H,8,15H2,(H,16,17). The number of pyridine rings is 1. The Kier molecular flexibility index (Phi) is 2.50. The van der Waals surface area contributed by atoms with Gasteiger partial charge in [-0.25, -0.2) is 0 Å². The maximum Gasteiger partial charge on any atom is 0.252 e. The molecule has 0 amide bonds. The molecule has 3 N–H and O–H groups in total. The Labute approximate surface area is 103 Å². The van der Waals surface area contributed by atoms with Gasteiger partial charge in [-0.05, 0) is 18.2 Å². The van der Waals surface area contributed by atoms with E-state index in [2.05, 4.69) is 4.98 Å². The third-order valence-electron chi connectivity index (χ3n) is 2.90. The fourth-order valence-corrected chi connectivity index (χ4v) is 1.92. The van der Waals surface area contributed by atoms with E-state index in [1.165, 1.54) is 0 Å². The zero-order chi connectivity index (χ0) is 12.5. The van der Waals surface area contributed by atoms with Gasteiger partial charge in [0.2, 0.25) is 0 Å². The van der Waals surface area contributed by atoms with Gasteiger partial charge in [-0.2, -0.15) is 0 Å². The summed E-state index contributed by atoms with van der Waals surface area (Å²) < 4.78 is 5.68. The van der Waals surface area contributed by atoms with Crippen molar-refractivity contribution in [3.05, 3.63) is 58.4 Å². The molecule has 4 nitrogen and oxygen atoms in total. The lowest BCUT2D eigenvalue weighted by atomic mass is 10.2. The molecule has 0 saturated heterocycles. The monoisotopic (exact) mass is 240 g/mol. The number of benzene rings is 1. The topological polar surface area (TPSA) is 72.0 Å². The molecule has 0 atom stereocenters. The summed E-state index contributed by atoms with van der Waals surface area (Å²) in [6, 6.07) is 13.2. The number of nitrogens with one attached hydrogen (secondary N) is 1. The Bertz CT molecular complexity index is 723. The van der Waals surface area contributed by atoms with Crippen molar-refractivity contribution in [2.24, 2.45) is 5.73 Å². The minimum atomic E-state index is -0.171. The molecule has 0 fully saturated rings. The maximum atomic E-state index is 11.7. The predicted octanol–water partition coefficient (Wildman–Crippen LogP) is 2.25. The third kappa shape index (κ3) is 1.72. The highest BCUT2D eigenvalue weighted by Crippen LogP contribution is 2.25. The Hall–Kier alpha value is -2.33. The number of furan rings is 1. The van der Waals surface area contributed by atoms with Crippen LogP contribution in [0.1, 0.15) is 5.56 Å². The van der Waals surface area contributed by atoms with Gasteiger partial charge in [0.1, 0.15) is 5.58 Å². The lowest BCUT2D eigenvalue weighted by molar-refractivity contribution is 0.628. The number of aromatic nitrogens is 1. The van der Waals surface area contributed by atoms with E-state index in [1.54, 1.807) is 12.1 Å². The van der Waals surface area contributed by atoms with E-state index >= 15 is 0 Å². The molecule has 0 aliphatic heterocycles. The Balaban J connectivity index is 2.14. The van der Waals surface area contributed by atoms with Crippen molar-refractivity contribution in [3.8, 4) is 11.5 Å². The number of aromatic amines is 1. The minimum Gasteiger partial charge on any atom is -0.455 e. The first-order valence-corrected chi connectivity index (χ1v) is 5.69. The highest BCUT2D eigenvalue weighted by atomic mass is 16.3. The zero-order valence-electron chi connectivity index (χ0n) is 9.64. The first-order chi connectivity index (χ1) is 8.78. The van der Waals surface area contributed by atoms with Gasteiger partial charge >= 0.3 is 0 Å². The first kappa shape index (κ1) is 10.8. The average Bonchev–Trinajstić information content (AvgIpc) is 2.82. The van der Waals surface area contributed by atoms with Gasteiger partial charge in [-0.1, -0.05) is 24.3 Å². The number of fused-ring (bicyclic) bond motifs is 1. The van der Waals surface area contributed by atoms with Gasteiger partial charge in [0, 0.05) is 17.5 Å². The van der Waals surface area contributed by atoms with E-state index in [1.807, 2.05) is 30.3 Å². The number of H-pyrrole nitrogens is 1. The van der Waals surface area contributed by atoms with E-state index in [0.717, 1.165) is 11.0 Å². The van der Waals surface area contributed by atoms with Crippen LogP contribution in [0.4, 0.5) is 0 Å². The number of hydrogen-bond acceptors (Lipinski definition) is 3. The fraction of sp³-hybridized carbons (Fsp3) is 0.0714. The summed E-state index contributed by atoms with van der Waals surface area (Å²) >= 11 is 0. The lowest BCUT2D eigenvalue weighted by Crippen LogP contribution is -2.15. The van der Waals surface area contributed by atoms with Crippen molar-refractivity contribution in [1.82, 2.24) is 4.98 Å². The highest BCUT2D eigenvalue weighted by molar-refractivity contribution is 5.82. The quantitative estimate of drug-likeness (QED) is 0.721. The molecule has 18 heavy (non-hydrogen) atoms. The Morgan fingerprint density at radius 3 is 2.72 bits per heavy atom. The predicted molar refractivity (Wildman–Crippen MR) is 70.2 cm³/mol. The molecular weight excluding hydrogens is 228 g/mol. The SMILES string of the molecule is NCc1ccc(-c2cc3ccccc3o2)[nH]c1=O. The molecule has 0 aliphatic rings. The maximum absolute atomic E-state index is 11.7. The van der Waals surface area contributed by atoms with Crippen LogP contribution in [0, 0.1) is 0 Å². The van der Waals surface area contributed by atoms with Gasteiger partial charge in [0.05, 0.1) is 5.69 Å².